The molecule has 0 aliphatic rings. The van der Waals surface area contributed by atoms with Gasteiger partial charge in [-0.05, 0) is 36.8 Å². The van der Waals surface area contributed by atoms with Crippen molar-refractivity contribution in [2.45, 2.75) is 13.0 Å². The largest absolute Gasteiger partial charge is 0.479 e. The van der Waals surface area contributed by atoms with Crippen LogP contribution in [-0.4, -0.2) is 11.1 Å². The second kappa shape index (κ2) is 5.92. The lowest BCUT2D eigenvalue weighted by atomic mass is 10.1. The third-order valence-electron chi connectivity index (χ3n) is 2.86. The molecule has 0 spiro atoms. The number of nitrogens with one attached hydrogen (secondary N) is 1. The van der Waals surface area contributed by atoms with E-state index in [1.54, 1.807) is 18.2 Å². The van der Waals surface area contributed by atoms with Crippen LogP contribution in [0.1, 0.15) is 17.2 Å². The van der Waals surface area contributed by atoms with Crippen LogP contribution in [0.2, 0.25) is 5.02 Å². The van der Waals surface area contributed by atoms with Gasteiger partial charge in [0.25, 0.3) is 0 Å². The summed E-state index contributed by atoms with van der Waals surface area (Å²) in [6, 6.07) is 10.0. The van der Waals surface area contributed by atoms with Crippen molar-refractivity contribution in [3.8, 4) is 0 Å². The predicted octanol–water partition coefficient (Wildman–Crippen LogP) is 4.03. The predicted molar refractivity (Wildman–Crippen MR) is 76.6 cm³/mol. The summed E-state index contributed by atoms with van der Waals surface area (Å²) in [6.07, 6.45) is 0. The Bertz CT molecular complexity index is 625. The first-order valence-electron chi connectivity index (χ1n) is 5.99. The van der Waals surface area contributed by atoms with E-state index in [1.165, 1.54) is 18.2 Å². The van der Waals surface area contributed by atoms with Crippen molar-refractivity contribution in [1.29, 1.82) is 0 Å². The number of aliphatic carboxylic acids is 1. The van der Waals surface area contributed by atoms with Gasteiger partial charge in [-0.25, -0.2) is 9.18 Å². The van der Waals surface area contributed by atoms with Crippen molar-refractivity contribution in [3.63, 3.8) is 0 Å². The Morgan fingerprint density at radius 2 is 2.00 bits per heavy atom. The van der Waals surface area contributed by atoms with Crippen molar-refractivity contribution in [2.75, 3.05) is 5.32 Å². The van der Waals surface area contributed by atoms with Crippen molar-refractivity contribution in [2.24, 2.45) is 0 Å². The molecule has 5 heteroatoms. The number of carbonyl (C=O) groups is 1. The SMILES string of the molecule is Cc1cccc(NC(C(=O)O)c2c(F)cccc2Cl)c1. The maximum atomic E-state index is 13.9. The summed E-state index contributed by atoms with van der Waals surface area (Å²) in [5.41, 5.74) is 1.50. The highest BCUT2D eigenvalue weighted by Crippen LogP contribution is 2.29. The average Bonchev–Trinajstić information content (AvgIpc) is 2.37. The highest BCUT2D eigenvalue weighted by molar-refractivity contribution is 6.31. The number of aryl methyl sites for hydroxylation is 1. The molecule has 0 saturated carbocycles. The lowest BCUT2D eigenvalue weighted by Crippen LogP contribution is -2.22. The van der Waals surface area contributed by atoms with E-state index in [4.69, 9.17) is 11.6 Å². The maximum absolute atomic E-state index is 13.9. The van der Waals surface area contributed by atoms with Gasteiger partial charge in [0, 0.05) is 16.3 Å². The van der Waals surface area contributed by atoms with Crippen molar-refractivity contribution >= 4 is 23.3 Å². The molecule has 0 aliphatic heterocycles. The molecule has 104 valence electrons. The Morgan fingerprint density at radius 1 is 1.30 bits per heavy atom. The monoisotopic (exact) mass is 293 g/mol. The zero-order valence-corrected chi connectivity index (χ0v) is 11.5. The van der Waals surface area contributed by atoms with E-state index in [9.17, 15) is 14.3 Å². The number of benzene rings is 2. The Kier molecular flexibility index (Phi) is 4.25. The van der Waals surface area contributed by atoms with Crippen LogP contribution in [0.5, 0.6) is 0 Å². The molecule has 0 radical (unpaired) electrons. The third-order valence-corrected chi connectivity index (χ3v) is 3.19. The quantitative estimate of drug-likeness (QED) is 0.895. The maximum Gasteiger partial charge on any atom is 0.330 e. The van der Waals surface area contributed by atoms with Crippen LogP contribution in [0.25, 0.3) is 0 Å². The lowest BCUT2D eigenvalue weighted by molar-refractivity contribution is -0.138. The van der Waals surface area contributed by atoms with Crippen LogP contribution in [0.4, 0.5) is 10.1 Å². The van der Waals surface area contributed by atoms with Gasteiger partial charge in [0.05, 0.1) is 0 Å². The normalized spacial score (nSPS) is 11.9. The molecular formula is C15H13ClFNO2. The minimum atomic E-state index is -1.24. The summed E-state index contributed by atoms with van der Waals surface area (Å²) < 4.78 is 13.9. The smallest absolute Gasteiger partial charge is 0.330 e. The first-order chi connectivity index (χ1) is 9.49. The van der Waals surface area contributed by atoms with Gasteiger partial charge in [-0.3, -0.25) is 0 Å². The van der Waals surface area contributed by atoms with Crippen molar-refractivity contribution in [3.05, 3.63) is 64.4 Å². The van der Waals surface area contributed by atoms with Crippen molar-refractivity contribution in [1.82, 2.24) is 0 Å². The van der Waals surface area contributed by atoms with Gasteiger partial charge in [0.1, 0.15) is 5.82 Å². The molecule has 1 unspecified atom stereocenters. The third kappa shape index (κ3) is 3.08. The summed E-state index contributed by atoms with van der Waals surface area (Å²) in [5, 5.41) is 12.2. The van der Waals surface area contributed by atoms with Gasteiger partial charge in [-0.1, -0.05) is 29.8 Å². The summed E-state index contributed by atoms with van der Waals surface area (Å²) in [5.74, 6) is -1.84. The Labute approximate surface area is 121 Å². The van der Waals surface area contributed by atoms with Gasteiger partial charge in [0.15, 0.2) is 6.04 Å². The first-order valence-corrected chi connectivity index (χ1v) is 6.37. The van der Waals surface area contributed by atoms with E-state index in [0.717, 1.165) is 5.56 Å². The second-order valence-electron chi connectivity index (χ2n) is 4.42. The van der Waals surface area contributed by atoms with Crippen LogP contribution in [0.3, 0.4) is 0 Å². The number of halogens is 2. The van der Waals surface area contributed by atoms with Crippen LogP contribution in [-0.2, 0) is 4.79 Å². The van der Waals surface area contributed by atoms with Crippen molar-refractivity contribution < 1.29 is 14.3 Å². The van der Waals surface area contributed by atoms with E-state index >= 15 is 0 Å². The number of carboxylic acids is 1. The molecule has 0 fully saturated rings. The van der Waals surface area contributed by atoms with E-state index in [2.05, 4.69) is 5.32 Å². The second-order valence-corrected chi connectivity index (χ2v) is 4.83. The Balaban J connectivity index is 2.40. The average molecular weight is 294 g/mol. The van der Waals surface area contributed by atoms with Gasteiger partial charge in [-0.2, -0.15) is 0 Å². The van der Waals surface area contributed by atoms with Gasteiger partial charge in [0.2, 0.25) is 0 Å². The Morgan fingerprint density at radius 3 is 2.60 bits per heavy atom. The molecule has 2 aromatic carbocycles. The van der Waals surface area contributed by atoms with E-state index in [1.807, 2.05) is 13.0 Å². The number of rotatable bonds is 4. The molecule has 1 atom stereocenters. The van der Waals surface area contributed by atoms with Crippen LogP contribution >= 0.6 is 11.6 Å². The number of carboxylic acid groups (broad SMARTS) is 1. The standard InChI is InChI=1S/C15H13ClFNO2/c1-9-4-2-5-10(8-9)18-14(15(19)20)13-11(16)6-3-7-12(13)17/h2-8,14,18H,1H3,(H,19,20). The van der Waals surface area contributed by atoms with E-state index in [0.29, 0.717) is 5.69 Å². The molecule has 0 bridgehead atoms. The highest BCUT2D eigenvalue weighted by Gasteiger charge is 2.25. The fraction of sp³-hybridized carbons (Fsp3) is 0.133. The molecule has 0 aliphatic carbocycles. The van der Waals surface area contributed by atoms with Gasteiger partial charge >= 0.3 is 5.97 Å². The van der Waals surface area contributed by atoms with E-state index in [-0.39, 0.29) is 10.6 Å². The summed E-state index contributed by atoms with van der Waals surface area (Å²) >= 11 is 5.92. The van der Waals surface area contributed by atoms with Crippen LogP contribution in [0.15, 0.2) is 42.5 Å². The molecule has 2 rings (SSSR count). The molecule has 2 aromatic rings. The molecule has 0 aromatic heterocycles. The minimum Gasteiger partial charge on any atom is -0.479 e. The molecular weight excluding hydrogens is 281 g/mol. The number of anilines is 1. The lowest BCUT2D eigenvalue weighted by Gasteiger charge is -2.18. The summed E-state index contributed by atoms with van der Waals surface area (Å²) in [7, 11) is 0. The summed E-state index contributed by atoms with van der Waals surface area (Å²) in [4.78, 5) is 11.4. The zero-order valence-electron chi connectivity index (χ0n) is 10.7. The van der Waals surface area contributed by atoms with Crippen LogP contribution in [0, 0.1) is 12.7 Å². The molecule has 2 N–H and O–H groups in total. The molecule has 0 saturated heterocycles. The zero-order chi connectivity index (χ0) is 14.7. The highest BCUT2D eigenvalue weighted by atomic mass is 35.5. The van der Waals surface area contributed by atoms with Gasteiger partial charge < -0.3 is 10.4 Å². The molecule has 0 amide bonds. The molecule has 3 nitrogen and oxygen atoms in total. The number of hydrogen-bond acceptors (Lipinski definition) is 2. The van der Waals surface area contributed by atoms with E-state index < -0.39 is 17.8 Å². The fourth-order valence-corrected chi connectivity index (χ4v) is 2.22. The molecule has 0 heterocycles. The van der Waals surface area contributed by atoms with Crippen LogP contribution < -0.4 is 5.32 Å². The van der Waals surface area contributed by atoms with Gasteiger partial charge in [-0.15, -0.1) is 0 Å². The first kappa shape index (κ1) is 14.3. The minimum absolute atomic E-state index is 0.0665. The summed E-state index contributed by atoms with van der Waals surface area (Å²) in [6.45, 7) is 1.89. The fourth-order valence-electron chi connectivity index (χ4n) is 1.95. The Hall–Kier alpha value is -2.07. The molecule has 20 heavy (non-hydrogen) atoms. The topological polar surface area (TPSA) is 49.3 Å². The number of hydrogen-bond donors (Lipinski definition) is 2.